The molecular weight excluding hydrogens is 332 g/mol. The lowest BCUT2D eigenvalue weighted by molar-refractivity contribution is 0.362. The molecule has 2 unspecified atom stereocenters. The van der Waals surface area contributed by atoms with Gasteiger partial charge >= 0.3 is 0 Å². The Kier molecular flexibility index (Phi) is 3.99. The molecule has 3 aliphatic rings. The van der Waals surface area contributed by atoms with Crippen LogP contribution in [0.25, 0.3) is 12.2 Å². The average molecular weight is 359 g/mol. The summed E-state index contributed by atoms with van der Waals surface area (Å²) in [6.45, 7) is 0. The summed E-state index contributed by atoms with van der Waals surface area (Å²) in [6.07, 6.45) is 15.0. The van der Waals surface area contributed by atoms with Crippen LogP contribution in [-0.2, 0) is 4.43 Å². The molecular formula is C24H26OSi. The molecule has 2 atom stereocenters. The fraction of sp³-hybridized carbons (Fsp3) is 0.333. The Morgan fingerprint density at radius 2 is 1.27 bits per heavy atom. The Hall–Kier alpha value is -1.90. The molecule has 0 bridgehead atoms. The first-order valence-electron chi connectivity index (χ1n) is 9.94. The van der Waals surface area contributed by atoms with Crippen LogP contribution in [-0.4, -0.2) is 15.4 Å². The van der Waals surface area contributed by atoms with Gasteiger partial charge in [-0.3, -0.25) is 0 Å². The zero-order chi connectivity index (χ0) is 17.6. The fourth-order valence-electron chi connectivity index (χ4n) is 5.78. The summed E-state index contributed by atoms with van der Waals surface area (Å²) in [4.78, 5) is 0. The van der Waals surface area contributed by atoms with E-state index in [0.29, 0.717) is 11.1 Å². The van der Waals surface area contributed by atoms with Crippen LogP contribution in [0.3, 0.4) is 0 Å². The average Bonchev–Trinajstić information content (AvgIpc) is 3.44. The lowest BCUT2D eigenvalue weighted by atomic mass is 10.1. The lowest BCUT2D eigenvalue weighted by Crippen LogP contribution is -2.52. The number of benzene rings is 2. The zero-order valence-corrected chi connectivity index (χ0v) is 16.4. The van der Waals surface area contributed by atoms with Crippen molar-refractivity contribution in [3.05, 3.63) is 82.9 Å². The van der Waals surface area contributed by atoms with Gasteiger partial charge in [0, 0.05) is 18.2 Å². The van der Waals surface area contributed by atoms with Gasteiger partial charge < -0.3 is 4.43 Å². The topological polar surface area (TPSA) is 9.23 Å². The molecule has 0 aliphatic heterocycles. The normalized spacial score (nSPS) is 26.0. The molecule has 1 nitrogen and oxygen atoms in total. The Morgan fingerprint density at radius 3 is 1.77 bits per heavy atom. The molecule has 3 aliphatic carbocycles. The van der Waals surface area contributed by atoms with Crippen LogP contribution >= 0.6 is 0 Å². The maximum absolute atomic E-state index is 6.74. The highest BCUT2D eigenvalue weighted by atomic mass is 28.4. The highest BCUT2D eigenvalue weighted by Gasteiger charge is 2.56. The summed E-state index contributed by atoms with van der Waals surface area (Å²) in [5, 5.41) is 0. The first kappa shape index (κ1) is 16.3. The van der Waals surface area contributed by atoms with Crippen LogP contribution in [0.5, 0.6) is 0 Å². The van der Waals surface area contributed by atoms with E-state index in [1.807, 2.05) is 7.11 Å². The summed E-state index contributed by atoms with van der Waals surface area (Å²) in [5.74, 6) is 0. The summed E-state index contributed by atoms with van der Waals surface area (Å²) < 4.78 is 6.74. The predicted molar refractivity (Wildman–Crippen MR) is 111 cm³/mol. The third-order valence-electron chi connectivity index (χ3n) is 6.92. The van der Waals surface area contributed by atoms with E-state index in [1.165, 1.54) is 47.9 Å². The van der Waals surface area contributed by atoms with Crippen LogP contribution in [0.15, 0.2) is 60.7 Å². The first-order chi connectivity index (χ1) is 12.8. The third-order valence-corrected chi connectivity index (χ3v) is 12.4. The van der Waals surface area contributed by atoms with Crippen LogP contribution in [0.1, 0.15) is 59.0 Å². The van der Waals surface area contributed by atoms with Gasteiger partial charge in [0.1, 0.15) is 0 Å². The zero-order valence-electron chi connectivity index (χ0n) is 15.4. The molecule has 0 radical (unpaired) electrons. The number of rotatable bonds is 4. The van der Waals surface area contributed by atoms with Gasteiger partial charge in [0.15, 0.2) is 0 Å². The number of hydrogen-bond acceptors (Lipinski definition) is 1. The van der Waals surface area contributed by atoms with Gasteiger partial charge in [-0.25, -0.2) is 0 Å². The predicted octanol–water partition coefficient (Wildman–Crippen LogP) is 6.22. The largest absolute Gasteiger partial charge is 0.418 e. The minimum Gasteiger partial charge on any atom is -0.418 e. The summed E-state index contributed by atoms with van der Waals surface area (Å²) in [5.41, 5.74) is 7.39. The smallest absolute Gasteiger partial charge is 0.217 e. The quantitative estimate of drug-likeness (QED) is 0.589. The Balaban J connectivity index is 1.68. The molecule has 132 valence electrons. The van der Waals surface area contributed by atoms with Crippen molar-refractivity contribution in [2.75, 3.05) is 7.11 Å². The second-order valence-electron chi connectivity index (χ2n) is 7.97. The molecule has 2 aromatic rings. The van der Waals surface area contributed by atoms with Crippen molar-refractivity contribution in [1.29, 1.82) is 0 Å². The van der Waals surface area contributed by atoms with Crippen LogP contribution < -0.4 is 0 Å². The molecule has 26 heavy (non-hydrogen) atoms. The molecule has 0 aromatic heterocycles. The lowest BCUT2D eigenvalue weighted by Gasteiger charge is -2.44. The van der Waals surface area contributed by atoms with Gasteiger partial charge in [0.2, 0.25) is 8.32 Å². The van der Waals surface area contributed by atoms with Crippen LogP contribution in [0.2, 0.25) is 5.54 Å². The van der Waals surface area contributed by atoms with E-state index < -0.39 is 8.32 Å². The molecule has 2 heteroatoms. The Labute approximate surface area is 157 Å². The maximum atomic E-state index is 6.74. The minimum absolute atomic E-state index is 0.451. The van der Waals surface area contributed by atoms with E-state index >= 15 is 0 Å². The van der Waals surface area contributed by atoms with Crippen molar-refractivity contribution in [2.24, 2.45) is 0 Å². The van der Waals surface area contributed by atoms with E-state index in [1.54, 1.807) is 0 Å². The van der Waals surface area contributed by atoms with Gasteiger partial charge in [-0.05, 0) is 27.8 Å². The highest BCUT2D eigenvalue weighted by Crippen LogP contribution is 2.56. The molecule has 0 N–H and O–H groups in total. The molecule has 0 spiro atoms. The van der Waals surface area contributed by atoms with Crippen LogP contribution in [0.4, 0.5) is 0 Å². The first-order valence-corrected chi connectivity index (χ1v) is 12.1. The van der Waals surface area contributed by atoms with E-state index in [4.69, 9.17) is 4.43 Å². The van der Waals surface area contributed by atoms with Gasteiger partial charge in [-0.2, -0.15) is 0 Å². The van der Waals surface area contributed by atoms with Crippen molar-refractivity contribution in [1.82, 2.24) is 0 Å². The van der Waals surface area contributed by atoms with E-state index in [0.717, 1.165) is 5.54 Å². The second kappa shape index (κ2) is 6.36. The third kappa shape index (κ3) is 2.25. The molecule has 0 amide bonds. The van der Waals surface area contributed by atoms with Gasteiger partial charge in [0.05, 0.1) is 0 Å². The van der Waals surface area contributed by atoms with E-state index in [-0.39, 0.29) is 0 Å². The van der Waals surface area contributed by atoms with Gasteiger partial charge in [-0.1, -0.05) is 98.5 Å². The Morgan fingerprint density at radius 1 is 0.769 bits per heavy atom. The number of allylic oxidation sites excluding steroid dienone is 2. The van der Waals surface area contributed by atoms with Crippen molar-refractivity contribution >= 4 is 20.5 Å². The fourth-order valence-corrected chi connectivity index (χ4v) is 11.6. The summed E-state index contributed by atoms with van der Waals surface area (Å²) in [7, 11) is -0.138. The SMILES string of the molecule is CO[Si](C1CCCC1)(C1C=Cc2ccccc21)C1C=Cc2ccccc21. The highest BCUT2D eigenvalue weighted by molar-refractivity contribution is 6.79. The Bertz CT molecular complexity index is 814. The molecule has 1 fully saturated rings. The monoisotopic (exact) mass is 358 g/mol. The standard InChI is InChI=1S/C24H26OSi/c1-25-26(20-10-4-5-11-20,23-16-14-18-8-2-6-12-21(18)23)24-17-15-19-9-3-7-13-22(19)24/h2-3,6-9,12-17,20,23-24H,4-5,10-11H2,1H3. The van der Waals surface area contributed by atoms with Crippen molar-refractivity contribution in [3.63, 3.8) is 0 Å². The van der Waals surface area contributed by atoms with E-state index in [9.17, 15) is 0 Å². The van der Waals surface area contributed by atoms with Crippen molar-refractivity contribution < 1.29 is 4.43 Å². The van der Waals surface area contributed by atoms with Crippen molar-refractivity contribution in [3.8, 4) is 0 Å². The van der Waals surface area contributed by atoms with Gasteiger partial charge in [0.25, 0.3) is 0 Å². The number of hydrogen-bond donors (Lipinski definition) is 0. The van der Waals surface area contributed by atoms with Crippen LogP contribution in [0, 0.1) is 0 Å². The molecule has 0 heterocycles. The van der Waals surface area contributed by atoms with E-state index in [2.05, 4.69) is 72.8 Å². The summed E-state index contributed by atoms with van der Waals surface area (Å²) in [6, 6.07) is 17.9. The molecule has 2 aromatic carbocycles. The molecule has 5 rings (SSSR count). The van der Waals surface area contributed by atoms with Gasteiger partial charge in [-0.15, -0.1) is 0 Å². The molecule has 0 saturated heterocycles. The number of fused-ring (bicyclic) bond motifs is 2. The summed E-state index contributed by atoms with van der Waals surface area (Å²) >= 11 is 0. The second-order valence-corrected chi connectivity index (χ2v) is 12.1. The maximum Gasteiger partial charge on any atom is 0.217 e. The van der Waals surface area contributed by atoms with Crippen molar-refractivity contribution in [2.45, 2.75) is 42.3 Å². The minimum atomic E-state index is -2.15. The molecule has 1 saturated carbocycles.